The SMILES string of the molecule is CCOC(=O)c1c(F)ncn1[C@H](C)c1cccc(Br)c1. The number of halogens is 2. The molecule has 0 saturated carbocycles. The van der Waals surface area contributed by atoms with Gasteiger partial charge in [0, 0.05) is 4.47 Å². The third-order valence-corrected chi connectivity index (χ3v) is 3.46. The number of ether oxygens (including phenoxy) is 1. The predicted octanol–water partition coefficient (Wildman–Crippen LogP) is 3.57. The number of benzene rings is 1. The van der Waals surface area contributed by atoms with Gasteiger partial charge in [0.15, 0.2) is 5.69 Å². The maximum atomic E-state index is 13.7. The van der Waals surface area contributed by atoms with Crippen LogP contribution in [0.5, 0.6) is 0 Å². The molecule has 2 rings (SSSR count). The highest BCUT2D eigenvalue weighted by molar-refractivity contribution is 9.10. The van der Waals surface area contributed by atoms with Crippen molar-refractivity contribution in [3.8, 4) is 0 Å². The first-order valence-electron chi connectivity index (χ1n) is 6.19. The normalized spacial score (nSPS) is 12.2. The van der Waals surface area contributed by atoms with Crippen molar-refractivity contribution in [1.82, 2.24) is 9.55 Å². The van der Waals surface area contributed by atoms with Gasteiger partial charge in [-0.2, -0.15) is 4.39 Å². The Hall–Kier alpha value is -1.69. The number of rotatable bonds is 4. The van der Waals surface area contributed by atoms with Crippen LogP contribution in [0.1, 0.15) is 35.9 Å². The fourth-order valence-corrected chi connectivity index (χ4v) is 2.37. The molecular weight excluding hydrogens is 327 g/mol. The lowest BCUT2D eigenvalue weighted by molar-refractivity contribution is 0.0506. The van der Waals surface area contributed by atoms with Crippen LogP contribution in [0, 0.1) is 5.95 Å². The van der Waals surface area contributed by atoms with Gasteiger partial charge in [0.25, 0.3) is 0 Å². The van der Waals surface area contributed by atoms with E-state index in [1.165, 1.54) is 10.9 Å². The van der Waals surface area contributed by atoms with Crippen LogP contribution in [0.4, 0.5) is 4.39 Å². The maximum absolute atomic E-state index is 13.7. The number of aromatic nitrogens is 2. The first-order valence-corrected chi connectivity index (χ1v) is 6.98. The third-order valence-electron chi connectivity index (χ3n) is 2.97. The Morgan fingerprint density at radius 3 is 2.95 bits per heavy atom. The highest BCUT2D eigenvalue weighted by Gasteiger charge is 2.23. The third kappa shape index (κ3) is 2.90. The van der Waals surface area contributed by atoms with Crippen LogP contribution in [0.25, 0.3) is 0 Å². The Morgan fingerprint density at radius 1 is 1.55 bits per heavy atom. The van der Waals surface area contributed by atoms with E-state index >= 15 is 0 Å². The second kappa shape index (κ2) is 6.17. The Balaban J connectivity index is 2.40. The monoisotopic (exact) mass is 340 g/mol. The highest BCUT2D eigenvalue weighted by atomic mass is 79.9. The van der Waals surface area contributed by atoms with E-state index in [1.54, 1.807) is 6.92 Å². The molecule has 0 radical (unpaired) electrons. The van der Waals surface area contributed by atoms with E-state index in [4.69, 9.17) is 4.74 Å². The molecule has 0 aliphatic carbocycles. The van der Waals surface area contributed by atoms with Gasteiger partial charge in [0.2, 0.25) is 5.95 Å². The number of imidazole rings is 1. The summed E-state index contributed by atoms with van der Waals surface area (Å²) in [6.07, 6.45) is 1.31. The lowest BCUT2D eigenvalue weighted by atomic mass is 10.1. The van der Waals surface area contributed by atoms with Gasteiger partial charge >= 0.3 is 5.97 Å². The van der Waals surface area contributed by atoms with Gasteiger partial charge in [-0.15, -0.1) is 0 Å². The summed E-state index contributed by atoms with van der Waals surface area (Å²) in [6, 6.07) is 7.37. The largest absolute Gasteiger partial charge is 0.461 e. The molecule has 0 amide bonds. The van der Waals surface area contributed by atoms with Crippen LogP contribution in [0.2, 0.25) is 0 Å². The Bertz CT molecular complexity index is 627. The predicted molar refractivity (Wildman–Crippen MR) is 76.1 cm³/mol. The van der Waals surface area contributed by atoms with Crippen molar-refractivity contribution in [2.75, 3.05) is 6.61 Å². The fraction of sp³-hybridized carbons (Fsp3) is 0.286. The topological polar surface area (TPSA) is 44.1 Å². The molecule has 1 heterocycles. The second-order valence-electron chi connectivity index (χ2n) is 4.24. The van der Waals surface area contributed by atoms with Gasteiger partial charge in [0.05, 0.1) is 19.0 Å². The Labute approximate surface area is 124 Å². The summed E-state index contributed by atoms with van der Waals surface area (Å²) >= 11 is 3.39. The summed E-state index contributed by atoms with van der Waals surface area (Å²) in [6.45, 7) is 3.73. The minimum absolute atomic E-state index is 0.153. The van der Waals surface area contributed by atoms with Crippen molar-refractivity contribution in [3.05, 3.63) is 52.3 Å². The zero-order valence-electron chi connectivity index (χ0n) is 11.1. The van der Waals surface area contributed by atoms with E-state index in [0.29, 0.717) is 0 Å². The highest BCUT2D eigenvalue weighted by Crippen LogP contribution is 2.24. The van der Waals surface area contributed by atoms with E-state index in [1.807, 2.05) is 31.2 Å². The lowest BCUT2D eigenvalue weighted by Crippen LogP contribution is -2.16. The fourth-order valence-electron chi connectivity index (χ4n) is 1.95. The molecule has 0 fully saturated rings. The standard InChI is InChI=1S/C14H14BrFN2O2/c1-3-20-14(19)12-13(16)17-8-18(12)9(2)10-5-4-6-11(15)7-10/h4-9H,3H2,1-2H3/t9-/m1/s1. The van der Waals surface area contributed by atoms with Gasteiger partial charge in [0.1, 0.15) is 0 Å². The molecule has 0 saturated heterocycles. The van der Waals surface area contributed by atoms with Crippen molar-refractivity contribution >= 4 is 21.9 Å². The van der Waals surface area contributed by atoms with Crippen LogP contribution >= 0.6 is 15.9 Å². The van der Waals surface area contributed by atoms with E-state index in [9.17, 15) is 9.18 Å². The maximum Gasteiger partial charge on any atom is 0.359 e. The smallest absolute Gasteiger partial charge is 0.359 e. The minimum Gasteiger partial charge on any atom is -0.461 e. The van der Waals surface area contributed by atoms with Gasteiger partial charge in [-0.05, 0) is 31.5 Å². The molecule has 6 heteroatoms. The molecule has 0 N–H and O–H groups in total. The number of carbonyl (C=O) groups excluding carboxylic acids is 1. The molecule has 1 aromatic carbocycles. The summed E-state index contributed by atoms with van der Waals surface area (Å²) in [7, 11) is 0. The number of hydrogen-bond donors (Lipinski definition) is 0. The summed E-state index contributed by atoms with van der Waals surface area (Å²) in [5, 5.41) is 0. The average Bonchev–Trinajstić information content (AvgIpc) is 2.80. The summed E-state index contributed by atoms with van der Waals surface area (Å²) < 4.78 is 21.0. The molecule has 0 bridgehead atoms. The quantitative estimate of drug-likeness (QED) is 0.799. The van der Waals surface area contributed by atoms with E-state index < -0.39 is 11.9 Å². The number of esters is 1. The first-order chi connectivity index (χ1) is 9.54. The Morgan fingerprint density at radius 2 is 2.30 bits per heavy atom. The van der Waals surface area contributed by atoms with Gasteiger partial charge in [-0.3, -0.25) is 0 Å². The van der Waals surface area contributed by atoms with E-state index in [0.717, 1.165) is 10.0 Å². The van der Waals surface area contributed by atoms with Crippen LogP contribution in [0.15, 0.2) is 35.1 Å². The molecule has 106 valence electrons. The van der Waals surface area contributed by atoms with Gasteiger partial charge in [-0.25, -0.2) is 9.78 Å². The van der Waals surface area contributed by atoms with Crippen LogP contribution in [0.3, 0.4) is 0 Å². The molecule has 0 aliphatic heterocycles. The lowest BCUT2D eigenvalue weighted by Gasteiger charge is -2.16. The average molecular weight is 341 g/mol. The zero-order valence-corrected chi connectivity index (χ0v) is 12.7. The van der Waals surface area contributed by atoms with Crippen LogP contribution in [-0.2, 0) is 4.74 Å². The van der Waals surface area contributed by atoms with E-state index in [2.05, 4.69) is 20.9 Å². The number of nitrogens with zero attached hydrogens (tertiary/aromatic N) is 2. The van der Waals surface area contributed by atoms with Crippen LogP contribution in [-0.4, -0.2) is 22.1 Å². The summed E-state index contributed by atoms with van der Waals surface area (Å²) in [5.74, 6) is -1.52. The zero-order chi connectivity index (χ0) is 14.7. The molecule has 20 heavy (non-hydrogen) atoms. The van der Waals surface area contributed by atoms with Gasteiger partial charge < -0.3 is 9.30 Å². The first kappa shape index (κ1) is 14.7. The number of carbonyl (C=O) groups is 1. The molecule has 1 aromatic heterocycles. The van der Waals surface area contributed by atoms with Crippen molar-refractivity contribution in [2.45, 2.75) is 19.9 Å². The molecule has 0 aliphatic rings. The minimum atomic E-state index is -0.815. The van der Waals surface area contributed by atoms with Crippen molar-refractivity contribution in [2.24, 2.45) is 0 Å². The summed E-state index contributed by atoms with van der Waals surface area (Å²) in [4.78, 5) is 15.4. The molecule has 0 unspecified atom stereocenters. The van der Waals surface area contributed by atoms with Crippen molar-refractivity contribution in [1.29, 1.82) is 0 Å². The van der Waals surface area contributed by atoms with Crippen molar-refractivity contribution in [3.63, 3.8) is 0 Å². The second-order valence-corrected chi connectivity index (χ2v) is 5.16. The molecule has 1 atom stereocenters. The molecular formula is C14H14BrFN2O2. The van der Waals surface area contributed by atoms with Gasteiger partial charge in [-0.1, -0.05) is 28.1 Å². The molecule has 4 nitrogen and oxygen atoms in total. The summed E-state index contributed by atoms with van der Waals surface area (Å²) in [5.41, 5.74) is 0.779. The van der Waals surface area contributed by atoms with E-state index in [-0.39, 0.29) is 18.3 Å². The Kier molecular flexibility index (Phi) is 4.54. The number of hydrogen-bond acceptors (Lipinski definition) is 3. The van der Waals surface area contributed by atoms with Crippen molar-refractivity contribution < 1.29 is 13.9 Å². The van der Waals surface area contributed by atoms with Crippen LogP contribution < -0.4 is 0 Å². The molecule has 2 aromatic rings. The molecule has 0 spiro atoms.